The maximum absolute atomic E-state index is 10.7. The predicted molar refractivity (Wildman–Crippen MR) is 64.5 cm³/mol. The SMILES string of the molecule is C=C(/C=C(\C)CC(C)(O)C(=O)O)CNC(C)=O. The van der Waals surface area contributed by atoms with E-state index in [4.69, 9.17) is 5.11 Å². The number of hydrogen-bond donors (Lipinski definition) is 3. The standard InChI is InChI=1S/C12H19NO4/c1-8(6-12(4,17)11(15)16)5-9(2)7-13-10(3)14/h5,17H,2,6-7H2,1,3-4H3,(H,13,14)(H,15,16)/b8-5+. The zero-order chi connectivity index (χ0) is 13.6. The lowest BCUT2D eigenvalue weighted by Gasteiger charge is -2.18. The van der Waals surface area contributed by atoms with Crippen LogP contribution >= 0.6 is 0 Å². The summed E-state index contributed by atoms with van der Waals surface area (Å²) in [6.45, 7) is 8.37. The second-order valence-corrected chi connectivity index (χ2v) is 4.31. The minimum atomic E-state index is -1.78. The molecule has 0 heterocycles. The van der Waals surface area contributed by atoms with Gasteiger partial charge in [-0.25, -0.2) is 4.79 Å². The molecule has 0 aromatic carbocycles. The van der Waals surface area contributed by atoms with Crippen LogP contribution in [0.15, 0.2) is 23.8 Å². The summed E-state index contributed by atoms with van der Waals surface area (Å²) in [5.74, 6) is -1.42. The lowest BCUT2D eigenvalue weighted by Crippen LogP contribution is -2.35. The Morgan fingerprint density at radius 2 is 1.94 bits per heavy atom. The van der Waals surface area contributed by atoms with Gasteiger partial charge in [0.2, 0.25) is 5.91 Å². The second kappa shape index (κ2) is 6.20. The first kappa shape index (κ1) is 15.4. The van der Waals surface area contributed by atoms with E-state index < -0.39 is 11.6 Å². The smallest absolute Gasteiger partial charge is 0.335 e. The summed E-state index contributed by atoms with van der Waals surface area (Å²) in [5, 5.41) is 20.9. The molecule has 5 nitrogen and oxygen atoms in total. The van der Waals surface area contributed by atoms with Crippen LogP contribution in [0.3, 0.4) is 0 Å². The van der Waals surface area contributed by atoms with E-state index in [1.165, 1.54) is 13.8 Å². The minimum Gasteiger partial charge on any atom is -0.479 e. The number of aliphatic hydroxyl groups is 1. The molecule has 0 aliphatic rings. The first-order chi connectivity index (χ1) is 7.65. The van der Waals surface area contributed by atoms with Crippen molar-refractivity contribution in [3.63, 3.8) is 0 Å². The fraction of sp³-hybridized carbons (Fsp3) is 0.500. The van der Waals surface area contributed by atoms with Gasteiger partial charge in [-0.3, -0.25) is 4.79 Å². The number of aliphatic carboxylic acids is 1. The number of hydrogen-bond acceptors (Lipinski definition) is 3. The Kier molecular flexibility index (Phi) is 5.61. The molecule has 1 atom stereocenters. The molecule has 0 spiro atoms. The zero-order valence-electron chi connectivity index (χ0n) is 10.4. The van der Waals surface area contributed by atoms with Gasteiger partial charge >= 0.3 is 5.97 Å². The molecule has 0 saturated heterocycles. The Hall–Kier alpha value is -1.62. The average Bonchev–Trinajstić information content (AvgIpc) is 2.13. The van der Waals surface area contributed by atoms with Crippen molar-refractivity contribution < 1.29 is 19.8 Å². The van der Waals surface area contributed by atoms with Crippen molar-refractivity contribution >= 4 is 11.9 Å². The average molecular weight is 241 g/mol. The van der Waals surface area contributed by atoms with Crippen LogP contribution in [0.4, 0.5) is 0 Å². The summed E-state index contributed by atoms with van der Waals surface area (Å²) < 4.78 is 0. The highest BCUT2D eigenvalue weighted by atomic mass is 16.4. The Balaban J connectivity index is 4.40. The molecule has 0 aliphatic heterocycles. The summed E-state index contributed by atoms with van der Waals surface area (Å²) in [6.07, 6.45) is 1.68. The molecule has 0 aromatic heterocycles. The highest BCUT2D eigenvalue weighted by Crippen LogP contribution is 2.17. The number of carboxylic acid groups (broad SMARTS) is 1. The van der Waals surface area contributed by atoms with Crippen LogP contribution in [0, 0.1) is 0 Å². The molecule has 0 aliphatic carbocycles. The van der Waals surface area contributed by atoms with E-state index in [-0.39, 0.29) is 12.3 Å². The van der Waals surface area contributed by atoms with Crippen molar-refractivity contribution in [2.75, 3.05) is 6.54 Å². The van der Waals surface area contributed by atoms with Gasteiger partial charge in [-0.15, -0.1) is 0 Å². The van der Waals surface area contributed by atoms with Crippen LogP contribution in [0.1, 0.15) is 27.2 Å². The van der Waals surface area contributed by atoms with Gasteiger partial charge in [-0.05, 0) is 19.4 Å². The molecule has 0 rings (SSSR count). The molecule has 96 valence electrons. The van der Waals surface area contributed by atoms with Crippen molar-refractivity contribution in [3.05, 3.63) is 23.8 Å². The van der Waals surface area contributed by atoms with E-state index in [1.807, 2.05) is 0 Å². The Labute approximate surface area is 101 Å². The predicted octanol–water partition coefficient (Wildman–Crippen LogP) is 0.851. The van der Waals surface area contributed by atoms with Crippen LogP contribution in [-0.4, -0.2) is 34.2 Å². The molecule has 0 aromatic rings. The van der Waals surface area contributed by atoms with Crippen molar-refractivity contribution in [2.45, 2.75) is 32.8 Å². The van der Waals surface area contributed by atoms with Gasteiger partial charge in [0.1, 0.15) is 0 Å². The van der Waals surface area contributed by atoms with Gasteiger partial charge in [0.15, 0.2) is 5.60 Å². The van der Waals surface area contributed by atoms with Crippen LogP contribution in [0.5, 0.6) is 0 Å². The molecule has 0 saturated carbocycles. The van der Waals surface area contributed by atoms with Crippen molar-refractivity contribution in [1.82, 2.24) is 5.32 Å². The highest BCUT2D eigenvalue weighted by molar-refractivity contribution is 5.77. The van der Waals surface area contributed by atoms with Crippen LogP contribution < -0.4 is 5.32 Å². The fourth-order valence-electron chi connectivity index (χ4n) is 1.31. The lowest BCUT2D eigenvalue weighted by atomic mass is 9.96. The van der Waals surface area contributed by atoms with E-state index in [0.717, 1.165) is 0 Å². The number of carboxylic acids is 1. The second-order valence-electron chi connectivity index (χ2n) is 4.31. The van der Waals surface area contributed by atoms with Gasteiger partial charge in [0, 0.05) is 19.9 Å². The van der Waals surface area contributed by atoms with E-state index in [1.54, 1.807) is 13.0 Å². The van der Waals surface area contributed by atoms with Crippen LogP contribution in [0.2, 0.25) is 0 Å². The summed E-state index contributed by atoms with van der Waals surface area (Å²) in [6, 6.07) is 0. The van der Waals surface area contributed by atoms with E-state index in [0.29, 0.717) is 17.7 Å². The molecular weight excluding hydrogens is 222 g/mol. The number of carbonyl (C=O) groups excluding carboxylic acids is 1. The molecule has 0 fully saturated rings. The molecule has 0 radical (unpaired) electrons. The van der Waals surface area contributed by atoms with Crippen LogP contribution in [0.25, 0.3) is 0 Å². The molecule has 5 heteroatoms. The molecule has 1 amide bonds. The van der Waals surface area contributed by atoms with E-state index in [2.05, 4.69) is 11.9 Å². The molecule has 17 heavy (non-hydrogen) atoms. The van der Waals surface area contributed by atoms with Gasteiger partial charge in [-0.2, -0.15) is 0 Å². The Morgan fingerprint density at radius 1 is 1.41 bits per heavy atom. The van der Waals surface area contributed by atoms with Crippen LogP contribution in [-0.2, 0) is 9.59 Å². The third kappa shape index (κ3) is 6.52. The normalized spacial score (nSPS) is 14.9. The molecule has 0 bridgehead atoms. The quantitative estimate of drug-likeness (QED) is 0.602. The van der Waals surface area contributed by atoms with Gasteiger partial charge in [0.05, 0.1) is 0 Å². The topological polar surface area (TPSA) is 86.6 Å². The summed E-state index contributed by atoms with van der Waals surface area (Å²) in [7, 11) is 0. The largest absolute Gasteiger partial charge is 0.479 e. The Bertz CT molecular complexity index is 356. The van der Waals surface area contributed by atoms with Crippen molar-refractivity contribution in [1.29, 1.82) is 0 Å². The number of carbonyl (C=O) groups is 2. The monoisotopic (exact) mass is 241 g/mol. The van der Waals surface area contributed by atoms with Gasteiger partial charge in [0.25, 0.3) is 0 Å². The number of rotatable bonds is 6. The first-order valence-electron chi connectivity index (χ1n) is 5.20. The first-order valence-corrected chi connectivity index (χ1v) is 5.20. The third-order valence-corrected chi connectivity index (χ3v) is 2.10. The van der Waals surface area contributed by atoms with Crippen molar-refractivity contribution in [2.24, 2.45) is 0 Å². The number of nitrogens with one attached hydrogen (secondary N) is 1. The van der Waals surface area contributed by atoms with Gasteiger partial charge in [-0.1, -0.05) is 18.2 Å². The maximum Gasteiger partial charge on any atom is 0.335 e. The zero-order valence-corrected chi connectivity index (χ0v) is 10.4. The minimum absolute atomic E-state index is 0.0153. The Morgan fingerprint density at radius 3 is 2.35 bits per heavy atom. The molecule has 3 N–H and O–H groups in total. The summed E-state index contributed by atoms with van der Waals surface area (Å²) in [5.41, 5.74) is -0.443. The van der Waals surface area contributed by atoms with E-state index >= 15 is 0 Å². The summed E-state index contributed by atoms with van der Waals surface area (Å²) >= 11 is 0. The number of amides is 1. The summed E-state index contributed by atoms with van der Waals surface area (Å²) in [4.78, 5) is 21.4. The molecular formula is C12H19NO4. The highest BCUT2D eigenvalue weighted by Gasteiger charge is 2.29. The van der Waals surface area contributed by atoms with Crippen molar-refractivity contribution in [3.8, 4) is 0 Å². The fourth-order valence-corrected chi connectivity index (χ4v) is 1.31. The molecule has 1 unspecified atom stereocenters. The lowest BCUT2D eigenvalue weighted by molar-refractivity contribution is -0.156. The van der Waals surface area contributed by atoms with Gasteiger partial charge < -0.3 is 15.5 Å². The van der Waals surface area contributed by atoms with E-state index in [9.17, 15) is 14.7 Å². The third-order valence-electron chi connectivity index (χ3n) is 2.10. The maximum atomic E-state index is 10.7.